The number of fused-ring (bicyclic) bond motifs is 3. The molecule has 0 unspecified atom stereocenters. The van der Waals surface area contributed by atoms with Crippen LogP contribution in [0.3, 0.4) is 0 Å². The number of rotatable bonds is 3. The fourth-order valence-electron chi connectivity index (χ4n) is 5.00. The molecule has 0 aliphatic rings. The fourth-order valence-corrected chi connectivity index (χ4v) is 5.00. The molecule has 5 aromatic carbocycles. The Morgan fingerprint density at radius 1 is 0.353 bits per heavy atom. The van der Waals surface area contributed by atoms with E-state index in [1.807, 2.05) is 0 Å². The maximum atomic E-state index is 2.28. The van der Waals surface area contributed by atoms with Gasteiger partial charge in [-0.1, -0.05) is 66.7 Å². The minimum Gasteiger partial charge on any atom is -0.317 e. The molecule has 34 heavy (non-hydrogen) atoms. The summed E-state index contributed by atoms with van der Waals surface area (Å²) < 4.78 is 4.51. The number of aromatic nitrogens is 2. The molecule has 0 saturated carbocycles. The van der Waals surface area contributed by atoms with Crippen molar-refractivity contribution in [3.05, 3.63) is 134 Å². The van der Waals surface area contributed by atoms with E-state index in [9.17, 15) is 0 Å². The van der Waals surface area contributed by atoms with E-state index in [0.29, 0.717) is 0 Å². The van der Waals surface area contributed by atoms with Crippen molar-refractivity contribution >= 4 is 32.6 Å². The molecular weight excluding hydrogens is 412 g/mol. The van der Waals surface area contributed by atoms with Crippen LogP contribution in [0.25, 0.3) is 55.1 Å². The zero-order chi connectivity index (χ0) is 22.5. The molecule has 2 heterocycles. The highest BCUT2D eigenvalue weighted by atomic mass is 15.0. The molecule has 0 saturated heterocycles. The Bertz CT molecular complexity index is 1800. The third-order valence-electron chi connectivity index (χ3n) is 6.78. The fraction of sp³-hybridized carbons (Fsp3) is 0. The molecule has 160 valence electrons. The molecule has 0 fully saturated rings. The number of nitrogens with zero attached hydrogens (tertiary/aromatic N) is 2. The Morgan fingerprint density at radius 3 is 1.82 bits per heavy atom. The highest BCUT2D eigenvalue weighted by molar-refractivity contribution is 5.89. The van der Waals surface area contributed by atoms with Crippen molar-refractivity contribution in [2.24, 2.45) is 0 Å². The van der Waals surface area contributed by atoms with Crippen LogP contribution in [0.4, 0.5) is 0 Å². The SMILES string of the molecule is c1ccc2cc(-n3ccc4cc(-c5ccc(-n6ccc7ccccc76)cc5)ccc43)ccc2c1. The van der Waals surface area contributed by atoms with Crippen LogP contribution in [0.15, 0.2) is 134 Å². The molecule has 0 atom stereocenters. The Morgan fingerprint density at radius 2 is 0.971 bits per heavy atom. The molecule has 0 spiro atoms. The van der Waals surface area contributed by atoms with Gasteiger partial charge in [-0.2, -0.15) is 0 Å². The third kappa shape index (κ3) is 3.04. The molecule has 0 aliphatic heterocycles. The lowest BCUT2D eigenvalue weighted by Gasteiger charge is -2.09. The van der Waals surface area contributed by atoms with Gasteiger partial charge in [0.25, 0.3) is 0 Å². The summed E-state index contributed by atoms with van der Waals surface area (Å²) in [7, 11) is 0. The first-order valence-corrected chi connectivity index (χ1v) is 11.6. The van der Waals surface area contributed by atoms with Crippen molar-refractivity contribution in [2.45, 2.75) is 0 Å². The van der Waals surface area contributed by atoms with Crippen LogP contribution in [0.5, 0.6) is 0 Å². The highest BCUT2D eigenvalue weighted by Crippen LogP contribution is 2.29. The molecule has 2 aromatic heterocycles. The minimum absolute atomic E-state index is 1.17. The monoisotopic (exact) mass is 434 g/mol. The lowest BCUT2D eigenvalue weighted by molar-refractivity contribution is 1.13. The molecule has 2 heteroatoms. The molecule has 2 nitrogen and oxygen atoms in total. The van der Waals surface area contributed by atoms with Gasteiger partial charge in [0.2, 0.25) is 0 Å². The Balaban J connectivity index is 1.24. The summed E-state index contributed by atoms with van der Waals surface area (Å²) in [4.78, 5) is 0. The Labute approximate surface area is 197 Å². The zero-order valence-corrected chi connectivity index (χ0v) is 18.6. The van der Waals surface area contributed by atoms with E-state index in [2.05, 4.69) is 143 Å². The number of benzene rings is 5. The summed E-state index contributed by atoms with van der Waals surface area (Å²) >= 11 is 0. The van der Waals surface area contributed by atoms with Gasteiger partial charge in [0.1, 0.15) is 0 Å². The largest absolute Gasteiger partial charge is 0.317 e. The van der Waals surface area contributed by atoms with Crippen LogP contribution in [0.1, 0.15) is 0 Å². The van der Waals surface area contributed by atoms with Crippen LogP contribution < -0.4 is 0 Å². The van der Waals surface area contributed by atoms with Crippen LogP contribution >= 0.6 is 0 Å². The van der Waals surface area contributed by atoms with Crippen LogP contribution in [0, 0.1) is 0 Å². The van der Waals surface area contributed by atoms with E-state index >= 15 is 0 Å². The van der Waals surface area contributed by atoms with Gasteiger partial charge in [-0.25, -0.2) is 0 Å². The first-order valence-electron chi connectivity index (χ1n) is 11.6. The van der Waals surface area contributed by atoms with E-state index in [0.717, 1.165) is 0 Å². The Hall–Kier alpha value is -4.56. The Kier molecular flexibility index (Phi) is 4.18. The van der Waals surface area contributed by atoms with Crippen molar-refractivity contribution in [3.8, 4) is 22.5 Å². The summed E-state index contributed by atoms with van der Waals surface area (Å²) in [5.41, 5.74) is 7.26. The van der Waals surface area contributed by atoms with E-state index in [4.69, 9.17) is 0 Å². The van der Waals surface area contributed by atoms with Gasteiger partial charge in [0, 0.05) is 29.2 Å². The summed E-state index contributed by atoms with van der Waals surface area (Å²) in [6.45, 7) is 0. The molecule has 0 amide bonds. The van der Waals surface area contributed by atoms with E-state index in [1.165, 1.54) is 55.1 Å². The second kappa shape index (κ2) is 7.50. The molecule has 0 N–H and O–H groups in total. The normalized spacial score (nSPS) is 11.5. The van der Waals surface area contributed by atoms with Gasteiger partial charge in [-0.15, -0.1) is 0 Å². The molecule has 7 rings (SSSR count). The zero-order valence-electron chi connectivity index (χ0n) is 18.6. The van der Waals surface area contributed by atoms with Gasteiger partial charge in [-0.3, -0.25) is 0 Å². The van der Waals surface area contributed by atoms with Crippen LogP contribution in [0.2, 0.25) is 0 Å². The first-order chi connectivity index (χ1) is 16.8. The number of hydrogen-bond acceptors (Lipinski definition) is 0. The predicted octanol–water partition coefficient (Wildman–Crippen LogP) is 8.39. The third-order valence-corrected chi connectivity index (χ3v) is 6.78. The molecular formula is C32H22N2. The van der Waals surface area contributed by atoms with Crippen molar-refractivity contribution in [2.75, 3.05) is 0 Å². The standard InChI is InChI=1S/C32H22N2/c1-2-7-26-22-30(15-11-23(26)5-1)34-20-18-28-21-27(12-16-32(28)34)24-9-13-29(14-10-24)33-19-17-25-6-3-4-8-31(25)33/h1-22H. The molecule has 0 aliphatic carbocycles. The van der Waals surface area contributed by atoms with Crippen LogP contribution in [-0.2, 0) is 0 Å². The maximum absolute atomic E-state index is 2.28. The second-order valence-electron chi connectivity index (χ2n) is 8.78. The molecule has 0 bridgehead atoms. The predicted molar refractivity (Wildman–Crippen MR) is 143 cm³/mol. The van der Waals surface area contributed by atoms with Gasteiger partial charge in [-0.05, 0) is 81.9 Å². The van der Waals surface area contributed by atoms with E-state index in [-0.39, 0.29) is 0 Å². The highest BCUT2D eigenvalue weighted by Gasteiger charge is 2.08. The number of hydrogen-bond donors (Lipinski definition) is 0. The average molecular weight is 435 g/mol. The molecule has 0 radical (unpaired) electrons. The first kappa shape index (κ1) is 19.0. The smallest absolute Gasteiger partial charge is 0.0528 e. The summed E-state index contributed by atoms with van der Waals surface area (Å²) in [6.07, 6.45) is 4.31. The van der Waals surface area contributed by atoms with Crippen molar-refractivity contribution in [1.29, 1.82) is 0 Å². The van der Waals surface area contributed by atoms with Gasteiger partial charge >= 0.3 is 0 Å². The summed E-state index contributed by atoms with van der Waals surface area (Å²) in [5, 5.41) is 5.02. The lowest BCUT2D eigenvalue weighted by atomic mass is 10.0. The van der Waals surface area contributed by atoms with E-state index < -0.39 is 0 Å². The summed E-state index contributed by atoms with van der Waals surface area (Å²) in [5.74, 6) is 0. The van der Waals surface area contributed by atoms with Gasteiger partial charge < -0.3 is 9.13 Å². The minimum atomic E-state index is 1.17. The van der Waals surface area contributed by atoms with Crippen molar-refractivity contribution in [1.82, 2.24) is 9.13 Å². The topological polar surface area (TPSA) is 9.86 Å². The van der Waals surface area contributed by atoms with Crippen molar-refractivity contribution < 1.29 is 0 Å². The van der Waals surface area contributed by atoms with Gasteiger partial charge in [0.15, 0.2) is 0 Å². The lowest BCUT2D eigenvalue weighted by Crippen LogP contribution is -1.92. The van der Waals surface area contributed by atoms with Crippen LogP contribution in [-0.4, -0.2) is 9.13 Å². The second-order valence-corrected chi connectivity index (χ2v) is 8.78. The van der Waals surface area contributed by atoms with E-state index in [1.54, 1.807) is 0 Å². The molecule has 7 aromatic rings. The number of para-hydroxylation sites is 1. The quantitative estimate of drug-likeness (QED) is 0.264. The van der Waals surface area contributed by atoms with Crippen molar-refractivity contribution in [3.63, 3.8) is 0 Å². The van der Waals surface area contributed by atoms with Gasteiger partial charge in [0.05, 0.1) is 11.0 Å². The maximum Gasteiger partial charge on any atom is 0.0528 e. The summed E-state index contributed by atoms with van der Waals surface area (Å²) in [6, 6.07) is 43.6. The average Bonchev–Trinajstić information content (AvgIpc) is 3.53.